The molecule has 0 radical (unpaired) electrons. The summed E-state index contributed by atoms with van der Waals surface area (Å²) in [6.45, 7) is 5.26. The molecule has 1 aliphatic rings. The van der Waals surface area contributed by atoms with Crippen LogP contribution in [0, 0.1) is 5.92 Å². The lowest BCUT2D eigenvalue weighted by Crippen LogP contribution is -1.98. The van der Waals surface area contributed by atoms with E-state index in [0.29, 0.717) is 0 Å². The molecule has 1 nitrogen and oxygen atoms in total. The lowest BCUT2D eigenvalue weighted by molar-refractivity contribution is 0.314. The molecular weight excluding hydrogens is 184 g/mol. The SMILES string of the molecule is CCCOc1ccccc1[C@H]1C[C@@H]1CC. The van der Waals surface area contributed by atoms with Gasteiger partial charge >= 0.3 is 0 Å². The van der Waals surface area contributed by atoms with E-state index in [1.807, 2.05) is 0 Å². The molecule has 1 fully saturated rings. The zero-order valence-electron chi connectivity index (χ0n) is 9.70. The third kappa shape index (κ3) is 2.34. The number of hydrogen-bond acceptors (Lipinski definition) is 1. The summed E-state index contributed by atoms with van der Waals surface area (Å²) < 4.78 is 5.78. The fourth-order valence-electron chi connectivity index (χ4n) is 2.21. The maximum Gasteiger partial charge on any atom is 0.122 e. The summed E-state index contributed by atoms with van der Waals surface area (Å²) in [6.07, 6.45) is 3.73. The van der Waals surface area contributed by atoms with Crippen LogP contribution in [-0.4, -0.2) is 6.61 Å². The van der Waals surface area contributed by atoms with E-state index in [0.717, 1.165) is 30.6 Å². The molecule has 0 bridgehead atoms. The van der Waals surface area contributed by atoms with Gasteiger partial charge in [-0.05, 0) is 36.3 Å². The second kappa shape index (κ2) is 4.69. The number of rotatable bonds is 5. The van der Waals surface area contributed by atoms with Gasteiger partial charge in [0.15, 0.2) is 0 Å². The van der Waals surface area contributed by atoms with Crippen LogP contribution in [0.2, 0.25) is 0 Å². The van der Waals surface area contributed by atoms with Crippen LogP contribution in [0.3, 0.4) is 0 Å². The molecule has 15 heavy (non-hydrogen) atoms. The molecule has 0 aromatic heterocycles. The van der Waals surface area contributed by atoms with Gasteiger partial charge in [0, 0.05) is 0 Å². The molecule has 2 atom stereocenters. The van der Waals surface area contributed by atoms with Gasteiger partial charge in [-0.15, -0.1) is 0 Å². The van der Waals surface area contributed by atoms with Gasteiger partial charge in [0.05, 0.1) is 6.61 Å². The molecule has 0 amide bonds. The first-order valence-corrected chi connectivity index (χ1v) is 6.08. The Morgan fingerprint density at radius 3 is 2.73 bits per heavy atom. The Morgan fingerprint density at radius 2 is 2.07 bits per heavy atom. The van der Waals surface area contributed by atoms with Crippen LogP contribution in [0.25, 0.3) is 0 Å². The lowest BCUT2D eigenvalue weighted by atomic mass is 10.1. The summed E-state index contributed by atoms with van der Waals surface area (Å²) in [6, 6.07) is 8.53. The summed E-state index contributed by atoms with van der Waals surface area (Å²) in [5.41, 5.74) is 1.43. The van der Waals surface area contributed by atoms with Crippen LogP contribution in [-0.2, 0) is 0 Å². The standard InChI is InChI=1S/C14H20O/c1-3-9-15-14-8-6-5-7-12(14)13-10-11(13)4-2/h5-8,11,13H,3-4,9-10H2,1-2H3/t11-,13-/m0/s1. The highest BCUT2D eigenvalue weighted by atomic mass is 16.5. The summed E-state index contributed by atoms with van der Waals surface area (Å²) in [7, 11) is 0. The Morgan fingerprint density at radius 1 is 1.27 bits per heavy atom. The molecule has 2 rings (SSSR count). The van der Waals surface area contributed by atoms with Gasteiger partial charge in [-0.25, -0.2) is 0 Å². The highest BCUT2D eigenvalue weighted by Gasteiger charge is 2.38. The lowest BCUT2D eigenvalue weighted by Gasteiger charge is -2.10. The largest absolute Gasteiger partial charge is 0.493 e. The highest BCUT2D eigenvalue weighted by Crippen LogP contribution is 2.51. The van der Waals surface area contributed by atoms with Crippen LogP contribution in [0.1, 0.15) is 44.6 Å². The zero-order valence-corrected chi connectivity index (χ0v) is 9.70. The molecule has 0 spiro atoms. The Balaban J connectivity index is 2.09. The molecule has 0 saturated heterocycles. The van der Waals surface area contributed by atoms with E-state index in [9.17, 15) is 0 Å². The average molecular weight is 204 g/mol. The van der Waals surface area contributed by atoms with Gasteiger partial charge in [0.2, 0.25) is 0 Å². The monoisotopic (exact) mass is 204 g/mol. The van der Waals surface area contributed by atoms with Crippen molar-refractivity contribution < 1.29 is 4.74 Å². The average Bonchev–Trinajstić information content (AvgIpc) is 3.06. The van der Waals surface area contributed by atoms with E-state index < -0.39 is 0 Å². The summed E-state index contributed by atoms with van der Waals surface area (Å²) >= 11 is 0. The molecule has 0 N–H and O–H groups in total. The van der Waals surface area contributed by atoms with E-state index in [-0.39, 0.29) is 0 Å². The molecule has 1 aromatic carbocycles. The van der Waals surface area contributed by atoms with Crippen LogP contribution >= 0.6 is 0 Å². The predicted octanol–water partition coefficient (Wildman–Crippen LogP) is 3.99. The first kappa shape index (κ1) is 10.5. The van der Waals surface area contributed by atoms with Crippen LogP contribution in [0.4, 0.5) is 0 Å². The Kier molecular flexibility index (Phi) is 3.30. The Hall–Kier alpha value is -0.980. The number of para-hydroxylation sites is 1. The maximum atomic E-state index is 5.78. The van der Waals surface area contributed by atoms with Crippen LogP contribution in [0.15, 0.2) is 24.3 Å². The second-order valence-electron chi connectivity index (χ2n) is 4.40. The maximum absolute atomic E-state index is 5.78. The molecule has 1 aliphatic carbocycles. The van der Waals surface area contributed by atoms with Crippen molar-refractivity contribution >= 4 is 0 Å². The van der Waals surface area contributed by atoms with Gasteiger partial charge in [-0.2, -0.15) is 0 Å². The van der Waals surface area contributed by atoms with Crippen molar-refractivity contribution in [2.24, 2.45) is 5.92 Å². The van der Waals surface area contributed by atoms with E-state index in [4.69, 9.17) is 4.74 Å². The summed E-state index contributed by atoms with van der Waals surface area (Å²) in [4.78, 5) is 0. The number of hydrogen-bond donors (Lipinski definition) is 0. The second-order valence-corrected chi connectivity index (χ2v) is 4.40. The Labute approximate surface area is 92.5 Å². The van der Waals surface area contributed by atoms with Crippen molar-refractivity contribution in [3.8, 4) is 5.75 Å². The van der Waals surface area contributed by atoms with Gasteiger partial charge in [0.25, 0.3) is 0 Å². The first-order valence-electron chi connectivity index (χ1n) is 6.08. The smallest absolute Gasteiger partial charge is 0.122 e. The van der Waals surface area contributed by atoms with E-state index in [1.165, 1.54) is 18.4 Å². The molecule has 0 heterocycles. The third-order valence-corrected chi connectivity index (χ3v) is 3.23. The minimum absolute atomic E-state index is 0.767. The molecular formula is C14H20O. The van der Waals surface area contributed by atoms with Gasteiger partial charge < -0.3 is 4.74 Å². The summed E-state index contributed by atoms with van der Waals surface area (Å²) in [5.74, 6) is 2.78. The number of ether oxygens (including phenoxy) is 1. The van der Waals surface area contributed by atoms with E-state index in [1.54, 1.807) is 0 Å². The Bertz CT molecular complexity index is 319. The van der Waals surface area contributed by atoms with Crippen molar-refractivity contribution in [3.63, 3.8) is 0 Å². The molecule has 0 unspecified atom stereocenters. The van der Waals surface area contributed by atoms with Crippen molar-refractivity contribution in [2.75, 3.05) is 6.61 Å². The first-order chi connectivity index (χ1) is 7.36. The third-order valence-electron chi connectivity index (χ3n) is 3.23. The fraction of sp³-hybridized carbons (Fsp3) is 0.571. The number of benzene rings is 1. The minimum Gasteiger partial charge on any atom is -0.493 e. The molecule has 1 saturated carbocycles. The van der Waals surface area contributed by atoms with Crippen molar-refractivity contribution in [3.05, 3.63) is 29.8 Å². The van der Waals surface area contributed by atoms with Gasteiger partial charge in [-0.1, -0.05) is 38.5 Å². The topological polar surface area (TPSA) is 9.23 Å². The van der Waals surface area contributed by atoms with Crippen LogP contribution < -0.4 is 4.74 Å². The van der Waals surface area contributed by atoms with E-state index in [2.05, 4.69) is 38.1 Å². The predicted molar refractivity (Wildman–Crippen MR) is 63.4 cm³/mol. The zero-order chi connectivity index (χ0) is 10.7. The highest BCUT2D eigenvalue weighted by molar-refractivity contribution is 5.39. The van der Waals surface area contributed by atoms with Gasteiger partial charge in [0.1, 0.15) is 5.75 Å². The van der Waals surface area contributed by atoms with E-state index >= 15 is 0 Å². The normalized spacial score (nSPS) is 23.9. The van der Waals surface area contributed by atoms with Crippen molar-refractivity contribution in [1.82, 2.24) is 0 Å². The molecule has 1 heteroatoms. The minimum atomic E-state index is 0.767. The molecule has 0 aliphatic heterocycles. The quantitative estimate of drug-likeness (QED) is 0.704. The van der Waals surface area contributed by atoms with Gasteiger partial charge in [-0.3, -0.25) is 0 Å². The van der Waals surface area contributed by atoms with Crippen molar-refractivity contribution in [2.45, 2.75) is 39.0 Å². The molecule has 1 aromatic rings. The van der Waals surface area contributed by atoms with Crippen LogP contribution in [0.5, 0.6) is 5.75 Å². The molecule has 82 valence electrons. The fourth-order valence-corrected chi connectivity index (χ4v) is 2.21. The summed E-state index contributed by atoms with van der Waals surface area (Å²) in [5, 5.41) is 0. The van der Waals surface area contributed by atoms with Crippen molar-refractivity contribution in [1.29, 1.82) is 0 Å².